The maximum absolute atomic E-state index is 2.66. The lowest BCUT2D eigenvalue weighted by Crippen LogP contribution is -2.57. The van der Waals surface area contributed by atoms with Crippen molar-refractivity contribution in [2.75, 3.05) is 5.01 Å². The standard InChI is InChI=1S/C41H28N3/c1-2-13-28(14-3-1)42-36-21-9-19-33-32-18-8-17-31-29-15-4-5-20-35(29)43(40(31)32)44(41(33)36)38-23-27-22-26-12-6-10-25-11-7-16-30(39(25)26)34(27)24-37(38)42/h1-23,35,39-40H,24H2/q+1. The lowest BCUT2D eigenvalue weighted by Gasteiger charge is -2.50. The molecule has 206 valence electrons. The van der Waals surface area contributed by atoms with Gasteiger partial charge in [0.25, 0.3) is 0 Å². The minimum Gasteiger partial charge on any atom is -0.259 e. The average Bonchev–Trinajstić information content (AvgIpc) is 3.41. The Morgan fingerprint density at radius 3 is 2.50 bits per heavy atom. The number of hydrazine groups is 1. The molecule has 0 radical (unpaired) electrons. The highest BCUT2D eigenvalue weighted by Gasteiger charge is 2.54. The molecule has 3 heterocycles. The average molecular weight is 563 g/mol. The Labute approximate surface area is 256 Å². The van der Waals surface area contributed by atoms with E-state index in [-0.39, 0.29) is 12.1 Å². The van der Waals surface area contributed by atoms with Crippen LogP contribution in [0.1, 0.15) is 12.0 Å². The van der Waals surface area contributed by atoms with E-state index in [1.165, 1.54) is 78.6 Å². The van der Waals surface area contributed by atoms with Crippen LogP contribution in [0.4, 0.5) is 17.1 Å². The molecule has 3 atom stereocenters. The zero-order valence-corrected chi connectivity index (χ0v) is 24.1. The van der Waals surface area contributed by atoms with Gasteiger partial charge in [-0.25, -0.2) is 0 Å². The van der Waals surface area contributed by atoms with Crippen LogP contribution in [0, 0.1) is 5.92 Å². The third-order valence-electron chi connectivity index (χ3n) is 10.6. The van der Waals surface area contributed by atoms with E-state index >= 15 is 0 Å². The fourth-order valence-electron chi connectivity index (χ4n) is 8.92. The molecule has 2 aromatic carbocycles. The molecule has 6 aliphatic carbocycles. The first-order chi connectivity index (χ1) is 21.8. The smallest absolute Gasteiger partial charge is 0.237 e. The number of hydrogen-bond acceptors (Lipinski definition) is 2. The van der Waals surface area contributed by atoms with E-state index in [4.69, 9.17) is 0 Å². The Morgan fingerprint density at radius 2 is 1.55 bits per heavy atom. The summed E-state index contributed by atoms with van der Waals surface area (Å²) in [4.78, 5) is 0. The summed E-state index contributed by atoms with van der Waals surface area (Å²) in [6.07, 6.45) is 35.6. The van der Waals surface area contributed by atoms with Crippen LogP contribution in [-0.2, 0) is 0 Å². The van der Waals surface area contributed by atoms with Gasteiger partial charge in [0.05, 0.1) is 18.5 Å². The highest BCUT2D eigenvalue weighted by molar-refractivity contribution is 6.15. The fourth-order valence-corrected chi connectivity index (χ4v) is 8.92. The third-order valence-corrected chi connectivity index (χ3v) is 10.6. The second-order valence-electron chi connectivity index (χ2n) is 12.7. The van der Waals surface area contributed by atoms with E-state index in [0.29, 0.717) is 5.92 Å². The number of nitrogens with zero attached hydrogens (tertiary/aromatic N) is 3. The number of para-hydroxylation sites is 2. The van der Waals surface area contributed by atoms with E-state index in [9.17, 15) is 0 Å². The molecule has 0 bridgehead atoms. The number of hydrogen-bond donors (Lipinski definition) is 0. The predicted molar refractivity (Wildman–Crippen MR) is 179 cm³/mol. The molecule has 0 amide bonds. The van der Waals surface area contributed by atoms with E-state index in [2.05, 4.69) is 154 Å². The van der Waals surface area contributed by atoms with Crippen molar-refractivity contribution in [3.63, 3.8) is 0 Å². The van der Waals surface area contributed by atoms with Crippen molar-refractivity contribution < 1.29 is 0 Å². The molecule has 0 fully saturated rings. The van der Waals surface area contributed by atoms with Gasteiger partial charge in [-0.3, -0.25) is 5.01 Å². The Kier molecular flexibility index (Phi) is 4.34. The number of benzene rings is 2. The summed E-state index contributed by atoms with van der Waals surface area (Å²) in [6, 6.07) is 18.2. The highest BCUT2D eigenvalue weighted by Crippen LogP contribution is 2.57. The van der Waals surface area contributed by atoms with E-state index in [1.54, 1.807) is 0 Å². The van der Waals surface area contributed by atoms with E-state index in [1.807, 2.05) is 0 Å². The summed E-state index contributed by atoms with van der Waals surface area (Å²) >= 11 is 0. The first kappa shape index (κ1) is 23.2. The van der Waals surface area contributed by atoms with Crippen LogP contribution in [0.3, 0.4) is 0 Å². The van der Waals surface area contributed by atoms with E-state index in [0.717, 1.165) is 6.42 Å². The highest BCUT2D eigenvalue weighted by atomic mass is 15.7. The molecule has 11 rings (SSSR count). The fraction of sp³-hybridized carbons (Fsp3) is 0.0976. The summed E-state index contributed by atoms with van der Waals surface area (Å²) in [6.45, 7) is 0. The summed E-state index contributed by atoms with van der Waals surface area (Å²) < 4.78 is 2.54. The maximum Gasteiger partial charge on any atom is 0.237 e. The van der Waals surface area contributed by atoms with Gasteiger partial charge in [0.15, 0.2) is 0 Å². The lowest BCUT2D eigenvalue weighted by atomic mass is 9.69. The largest absolute Gasteiger partial charge is 0.259 e. The van der Waals surface area contributed by atoms with Crippen LogP contribution < -0.4 is 9.58 Å². The van der Waals surface area contributed by atoms with Crippen LogP contribution in [0.25, 0.3) is 5.57 Å². The molecule has 44 heavy (non-hydrogen) atoms. The Balaban J connectivity index is 1.22. The number of fused-ring (bicyclic) bond motifs is 7. The molecule has 3 heteroatoms. The quantitative estimate of drug-likeness (QED) is 0.324. The molecule has 3 unspecified atom stereocenters. The summed E-state index contributed by atoms with van der Waals surface area (Å²) in [5.74, 6) is 0.329. The molecule has 0 saturated heterocycles. The monoisotopic (exact) mass is 562 g/mol. The number of anilines is 1. The molecule has 0 N–H and O–H groups in total. The first-order valence-electron chi connectivity index (χ1n) is 15.7. The molecule has 0 saturated carbocycles. The molecule has 3 nitrogen and oxygen atoms in total. The van der Waals surface area contributed by atoms with Crippen molar-refractivity contribution >= 4 is 28.3 Å². The van der Waals surface area contributed by atoms with Crippen molar-refractivity contribution in [2.45, 2.75) is 18.5 Å². The van der Waals surface area contributed by atoms with Gasteiger partial charge in [0.2, 0.25) is 17.1 Å². The third kappa shape index (κ3) is 2.79. The molecule has 0 spiro atoms. The Hall–Kier alpha value is -5.25. The van der Waals surface area contributed by atoms with Crippen molar-refractivity contribution in [1.82, 2.24) is 9.58 Å². The van der Waals surface area contributed by atoms with E-state index < -0.39 is 0 Å². The minimum atomic E-state index is 0.183. The topological polar surface area (TPSA) is 9.49 Å². The second-order valence-corrected chi connectivity index (χ2v) is 12.7. The SMILES string of the molecule is C1=CC2=CC=CC3=CC4=C(CC5=[N+](c6ccccc6)c6cccc7c6N(C5=C4)N4C5C=CC=CC5=C5C=CC=C7C54)C(=C1)C23. The van der Waals surface area contributed by atoms with Gasteiger partial charge in [-0.05, 0) is 50.7 Å². The predicted octanol–water partition coefficient (Wildman–Crippen LogP) is 8.27. The van der Waals surface area contributed by atoms with Gasteiger partial charge in [-0.1, -0.05) is 115 Å². The van der Waals surface area contributed by atoms with Gasteiger partial charge in [0.1, 0.15) is 11.4 Å². The van der Waals surface area contributed by atoms with Crippen molar-refractivity contribution in [1.29, 1.82) is 0 Å². The van der Waals surface area contributed by atoms with Crippen LogP contribution in [0.2, 0.25) is 0 Å². The summed E-state index contributed by atoms with van der Waals surface area (Å²) in [7, 11) is 0. The summed E-state index contributed by atoms with van der Waals surface area (Å²) in [5.41, 5.74) is 18.9. The number of rotatable bonds is 1. The van der Waals surface area contributed by atoms with Gasteiger partial charge in [-0.15, -0.1) is 0 Å². The lowest BCUT2D eigenvalue weighted by molar-refractivity contribution is 0.251. The Morgan fingerprint density at radius 1 is 0.705 bits per heavy atom. The van der Waals surface area contributed by atoms with Gasteiger partial charge in [0, 0.05) is 29.7 Å². The van der Waals surface area contributed by atoms with Crippen LogP contribution in [0.15, 0.2) is 184 Å². The maximum atomic E-state index is 2.66. The minimum absolute atomic E-state index is 0.183. The molecule has 9 aliphatic rings. The zero-order valence-electron chi connectivity index (χ0n) is 24.1. The van der Waals surface area contributed by atoms with Crippen LogP contribution in [0.5, 0.6) is 0 Å². The molecule has 0 aromatic heterocycles. The molecule has 3 aliphatic heterocycles. The molecular weight excluding hydrogens is 534 g/mol. The molecular formula is C41H28N3+. The molecule has 2 aromatic rings. The van der Waals surface area contributed by atoms with Crippen molar-refractivity contribution in [3.05, 3.63) is 190 Å². The second kappa shape index (κ2) is 8.22. The Bertz CT molecular complexity index is 2190. The first-order valence-corrected chi connectivity index (χ1v) is 15.7. The van der Waals surface area contributed by atoms with Gasteiger partial charge >= 0.3 is 0 Å². The summed E-state index contributed by atoms with van der Waals surface area (Å²) in [5, 5.41) is 5.27. The van der Waals surface area contributed by atoms with Crippen molar-refractivity contribution in [2.24, 2.45) is 5.92 Å². The van der Waals surface area contributed by atoms with Crippen LogP contribution in [-0.4, -0.2) is 22.8 Å². The normalized spacial score (nSPS) is 27.5. The van der Waals surface area contributed by atoms with Gasteiger partial charge < -0.3 is 0 Å². The van der Waals surface area contributed by atoms with Crippen LogP contribution >= 0.6 is 0 Å². The van der Waals surface area contributed by atoms with Crippen molar-refractivity contribution in [3.8, 4) is 0 Å². The zero-order chi connectivity index (χ0) is 28.5. The van der Waals surface area contributed by atoms with Gasteiger partial charge in [-0.2, -0.15) is 9.58 Å². The number of allylic oxidation sites excluding steroid dienone is 18.